The van der Waals surface area contributed by atoms with Gasteiger partial charge in [0.1, 0.15) is 5.69 Å². The van der Waals surface area contributed by atoms with Crippen LogP contribution in [0.4, 0.5) is 0 Å². The third-order valence-electron chi connectivity index (χ3n) is 4.10. The molecule has 2 aromatic carbocycles. The number of hydrogen-bond acceptors (Lipinski definition) is 1. The van der Waals surface area contributed by atoms with E-state index in [2.05, 4.69) is 32.0 Å². The Morgan fingerprint density at radius 3 is 2.29 bits per heavy atom. The molecule has 0 unspecified atom stereocenters. The van der Waals surface area contributed by atoms with Crippen molar-refractivity contribution in [3.8, 4) is 11.1 Å². The molecular formula is C18H17NO2. The van der Waals surface area contributed by atoms with E-state index in [9.17, 15) is 9.90 Å². The van der Waals surface area contributed by atoms with Gasteiger partial charge in [-0.1, -0.05) is 30.3 Å². The molecule has 0 radical (unpaired) electrons. The van der Waals surface area contributed by atoms with E-state index >= 15 is 0 Å². The zero-order valence-electron chi connectivity index (χ0n) is 12.3. The van der Waals surface area contributed by atoms with Crippen molar-refractivity contribution in [1.82, 2.24) is 4.57 Å². The third-order valence-corrected chi connectivity index (χ3v) is 4.10. The fraction of sp³-hybridized carbons (Fsp3) is 0.167. The zero-order chi connectivity index (χ0) is 15.1. The lowest BCUT2D eigenvalue weighted by Gasteiger charge is -2.07. The first kappa shape index (κ1) is 13.4. The molecule has 0 bridgehead atoms. The van der Waals surface area contributed by atoms with Gasteiger partial charge in [-0.25, -0.2) is 4.79 Å². The second-order valence-electron chi connectivity index (χ2n) is 5.47. The number of benzene rings is 2. The first-order valence-corrected chi connectivity index (χ1v) is 6.88. The molecule has 0 amide bonds. The Hall–Kier alpha value is -2.55. The van der Waals surface area contributed by atoms with Crippen molar-refractivity contribution < 1.29 is 9.90 Å². The summed E-state index contributed by atoms with van der Waals surface area (Å²) in [4.78, 5) is 11.2. The summed E-state index contributed by atoms with van der Waals surface area (Å²) in [5.74, 6) is -0.901. The average molecular weight is 279 g/mol. The standard InChI is InChI=1S/C18H17NO2/c1-11-4-5-13(8-12(11)2)14-6-7-15-10-17(18(20)21)19(3)16(15)9-14/h4-10H,1-3H3,(H,20,21). The summed E-state index contributed by atoms with van der Waals surface area (Å²) >= 11 is 0. The molecule has 0 spiro atoms. The van der Waals surface area contributed by atoms with Gasteiger partial charge in [0.2, 0.25) is 0 Å². The highest BCUT2D eigenvalue weighted by Crippen LogP contribution is 2.27. The number of nitrogens with zero attached hydrogens (tertiary/aromatic N) is 1. The van der Waals surface area contributed by atoms with Gasteiger partial charge in [-0.3, -0.25) is 0 Å². The van der Waals surface area contributed by atoms with Crippen LogP contribution in [0.25, 0.3) is 22.0 Å². The molecule has 3 rings (SSSR count). The zero-order valence-corrected chi connectivity index (χ0v) is 12.3. The van der Waals surface area contributed by atoms with E-state index in [1.165, 1.54) is 11.1 Å². The molecule has 0 fully saturated rings. The quantitative estimate of drug-likeness (QED) is 0.765. The lowest BCUT2D eigenvalue weighted by molar-refractivity contribution is 0.0687. The molecule has 0 atom stereocenters. The molecule has 3 aromatic rings. The van der Waals surface area contributed by atoms with E-state index < -0.39 is 5.97 Å². The minimum Gasteiger partial charge on any atom is -0.477 e. The van der Waals surface area contributed by atoms with Gasteiger partial charge in [-0.15, -0.1) is 0 Å². The topological polar surface area (TPSA) is 42.2 Å². The van der Waals surface area contributed by atoms with Crippen LogP contribution in [0.2, 0.25) is 0 Å². The van der Waals surface area contributed by atoms with Gasteiger partial charge in [0, 0.05) is 18.0 Å². The van der Waals surface area contributed by atoms with Gasteiger partial charge < -0.3 is 9.67 Å². The lowest BCUT2D eigenvalue weighted by atomic mass is 10.00. The number of carboxylic acid groups (broad SMARTS) is 1. The SMILES string of the molecule is Cc1ccc(-c2ccc3cc(C(=O)O)n(C)c3c2)cc1C. The minimum absolute atomic E-state index is 0.308. The summed E-state index contributed by atoms with van der Waals surface area (Å²) in [7, 11) is 1.79. The lowest BCUT2D eigenvalue weighted by Crippen LogP contribution is -2.03. The number of aromatic nitrogens is 1. The molecule has 3 heteroatoms. The van der Waals surface area contributed by atoms with Crippen LogP contribution in [-0.4, -0.2) is 15.6 Å². The van der Waals surface area contributed by atoms with E-state index in [1.54, 1.807) is 17.7 Å². The highest BCUT2D eigenvalue weighted by atomic mass is 16.4. The average Bonchev–Trinajstić information content (AvgIpc) is 2.79. The fourth-order valence-corrected chi connectivity index (χ4v) is 2.64. The van der Waals surface area contributed by atoms with Gasteiger partial charge >= 0.3 is 5.97 Å². The Morgan fingerprint density at radius 2 is 1.62 bits per heavy atom. The van der Waals surface area contributed by atoms with Crippen LogP contribution in [0.15, 0.2) is 42.5 Å². The van der Waals surface area contributed by atoms with E-state index in [0.717, 1.165) is 22.0 Å². The molecule has 0 aliphatic rings. The number of carboxylic acids is 1. The van der Waals surface area contributed by atoms with Crippen LogP contribution < -0.4 is 0 Å². The molecule has 1 N–H and O–H groups in total. The van der Waals surface area contributed by atoms with Crippen LogP contribution in [0, 0.1) is 13.8 Å². The number of rotatable bonds is 2. The van der Waals surface area contributed by atoms with Gasteiger partial charge in [-0.2, -0.15) is 0 Å². The largest absolute Gasteiger partial charge is 0.477 e. The first-order chi connectivity index (χ1) is 9.97. The smallest absolute Gasteiger partial charge is 0.352 e. The molecule has 3 nitrogen and oxygen atoms in total. The molecular weight excluding hydrogens is 262 g/mol. The van der Waals surface area contributed by atoms with Crippen LogP contribution >= 0.6 is 0 Å². The van der Waals surface area contributed by atoms with Crippen molar-refractivity contribution in [3.05, 3.63) is 59.3 Å². The Balaban J connectivity index is 2.18. The van der Waals surface area contributed by atoms with Crippen LogP contribution in [0.5, 0.6) is 0 Å². The molecule has 0 saturated carbocycles. The Morgan fingerprint density at radius 1 is 0.952 bits per heavy atom. The number of aromatic carboxylic acids is 1. The van der Waals surface area contributed by atoms with Crippen LogP contribution in [0.3, 0.4) is 0 Å². The van der Waals surface area contributed by atoms with Crippen LogP contribution in [0.1, 0.15) is 21.6 Å². The van der Waals surface area contributed by atoms with Crippen molar-refractivity contribution in [2.45, 2.75) is 13.8 Å². The van der Waals surface area contributed by atoms with E-state index in [0.29, 0.717) is 5.69 Å². The van der Waals surface area contributed by atoms with Crippen LogP contribution in [-0.2, 0) is 7.05 Å². The third kappa shape index (κ3) is 2.21. The van der Waals surface area contributed by atoms with Crippen molar-refractivity contribution in [1.29, 1.82) is 0 Å². The molecule has 0 aliphatic carbocycles. The number of carbonyl (C=O) groups is 1. The Bertz CT molecular complexity index is 859. The molecule has 1 aromatic heterocycles. The minimum atomic E-state index is -0.901. The Kier molecular flexibility index (Phi) is 3.05. The van der Waals surface area contributed by atoms with Gasteiger partial charge in [0.25, 0.3) is 0 Å². The summed E-state index contributed by atoms with van der Waals surface area (Å²) < 4.78 is 1.72. The molecule has 106 valence electrons. The number of aryl methyl sites for hydroxylation is 3. The highest BCUT2D eigenvalue weighted by Gasteiger charge is 2.12. The van der Waals surface area contributed by atoms with Crippen molar-refractivity contribution >= 4 is 16.9 Å². The molecule has 0 saturated heterocycles. The second kappa shape index (κ2) is 4.77. The maximum Gasteiger partial charge on any atom is 0.352 e. The summed E-state index contributed by atoms with van der Waals surface area (Å²) in [5, 5.41) is 10.1. The van der Waals surface area contributed by atoms with Crippen molar-refractivity contribution in [2.24, 2.45) is 7.05 Å². The van der Waals surface area contributed by atoms with E-state index in [-0.39, 0.29) is 0 Å². The first-order valence-electron chi connectivity index (χ1n) is 6.88. The fourth-order valence-electron chi connectivity index (χ4n) is 2.64. The molecule has 1 heterocycles. The number of hydrogen-bond donors (Lipinski definition) is 1. The summed E-state index contributed by atoms with van der Waals surface area (Å²) in [6, 6.07) is 14.2. The summed E-state index contributed by atoms with van der Waals surface area (Å²) in [6.45, 7) is 4.20. The Labute approximate surface area is 123 Å². The van der Waals surface area contributed by atoms with E-state index in [4.69, 9.17) is 0 Å². The maximum absolute atomic E-state index is 11.2. The highest BCUT2D eigenvalue weighted by molar-refractivity contribution is 5.96. The van der Waals surface area contributed by atoms with Gasteiger partial charge in [-0.05, 0) is 48.2 Å². The van der Waals surface area contributed by atoms with E-state index in [1.807, 2.05) is 18.2 Å². The van der Waals surface area contributed by atoms with Gasteiger partial charge in [0.05, 0.1) is 0 Å². The molecule has 0 aliphatic heterocycles. The monoisotopic (exact) mass is 279 g/mol. The predicted molar refractivity (Wildman–Crippen MR) is 84.8 cm³/mol. The second-order valence-corrected chi connectivity index (χ2v) is 5.47. The van der Waals surface area contributed by atoms with Crippen molar-refractivity contribution in [3.63, 3.8) is 0 Å². The predicted octanol–water partition coefficient (Wildman–Crippen LogP) is 4.16. The summed E-state index contributed by atoms with van der Waals surface area (Å²) in [5.41, 5.74) is 6.02. The normalized spacial score (nSPS) is 11.0. The summed E-state index contributed by atoms with van der Waals surface area (Å²) in [6.07, 6.45) is 0. The van der Waals surface area contributed by atoms with Crippen molar-refractivity contribution in [2.75, 3.05) is 0 Å². The maximum atomic E-state index is 11.2. The number of fused-ring (bicyclic) bond motifs is 1. The molecule has 21 heavy (non-hydrogen) atoms. The van der Waals surface area contributed by atoms with Gasteiger partial charge in [0.15, 0.2) is 0 Å².